The number of likely N-dealkylation sites (tertiary alicyclic amines) is 1. The summed E-state index contributed by atoms with van der Waals surface area (Å²) < 4.78 is 37.9. The van der Waals surface area contributed by atoms with Gasteiger partial charge in [-0.15, -0.1) is 0 Å². The van der Waals surface area contributed by atoms with Gasteiger partial charge in [-0.1, -0.05) is 13.8 Å². The minimum absolute atomic E-state index is 0.0104. The topological polar surface area (TPSA) is 47.3 Å². The normalized spacial score (nSPS) is 33.5. The summed E-state index contributed by atoms with van der Waals surface area (Å²) in [6.45, 7) is 3.61. The number of aliphatic hydroxyl groups is 1. The second-order valence-electron chi connectivity index (χ2n) is 7.02. The molecule has 0 radical (unpaired) electrons. The highest BCUT2D eigenvalue weighted by Crippen LogP contribution is 2.48. The van der Waals surface area contributed by atoms with Crippen LogP contribution in [-0.2, 0) is 0 Å². The first-order chi connectivity index (χ1) is 9.63. The molecule has 0 spiro atoms. The van der Waals surface area contributed by atoms with Crippen LogP contribution in [0.15, 0.2) is 0 Å². The van der Waals surface area contributed by atoms with Crippen molar-refractivity contribution in [3.05, 3.63) is 0 Å². The Bertz CT molecular complexity index is 414. The molecule has 6 heteroatoms. The molecule has 1 heterocycles. The van der Waals surface area contributed by atoms with E-state index in [2.05, 4.69) is 19.9 Å². The van der Waals surface area contributed by atoms with E-state index in [1.807, 2.05) is 0 Å². The smallest absolute Gasteiger partial charge is 0.378 e. The Labute approximate surface area is 123 Å². The van der Waals surface area contributed by atoms with Gasteiger partial charge in [0.05, 0.1) is 6.07 Å². The predicted octanol–water partition coefficient (Wildman–Crippen LogP) is 3.09. The fraction of sp³-hybridized carbons (Fsp3) is 0.933. The Hall–Kier alpha value is -0.800. The third-order valence-corrected chi connectivity index (χ3v) is 5.58. The van der Waals surface area contributed by atoms with Crippen LogP contribution in [0, 0.1) is 22.7 Å². The highest BCUT2D eigenvalue weighted by molar-refractivity contribution is 5.05. The first kappa shape index (κ1) is 16.6. The highest BCUT2D eigenvalue weighted by Gasteiger charge is 2.62. The van der Waals surface area contributed by atoms with Crippen molar-refractivity contribution in [2.45, 2.75) is 63.8 Å². The molecule has 2 aliphatic rings. The molecule has 0 aromatic heterocycles. The Morgan fingerprint density at radius 1 is 1.29 bits per heavy atom. The van der Waals surface area contributed by atoms with Crippen LogP contribution in [0.2, 0.25) is 0 Å². The van der Waals surface area contributed by atoms with Crippen LogP contribution in [0.1, 0.15) is 46.0 Å². The van der Waals surface area contributed by atoms with Crippen molar-refractivity contribution in [1.82, 2.24) is 4.90 Å². The van der Waals surface area contributed by atoms with E-state index in [0.29, 0.717) is 12.3 Å². The monoisotopic (exact) mass is 304 g/mol. The molecular weight excluding hydrogens is 281 g/mol. The Balaban J connectivity index is 1.90. The van der Waals surface area contributed by atoms with Gasteiger partial charge >= 0.3 is 6.18 Å². The molecule has 3 nitrogen and oxygen atoms in total. The van der Waals surface area contributed by atoms with Crippen molar-refractivity contribution < 1.29 is 18.3 Å². The molecule has 0 unspecified atom stereocenters. The lowest BCUT2D eigenvalue weighted by Gasteiger charge is -2.53. The van der Waals surface area contributed by atoms with Crippen molar-refractivity contribution in [2.75, 3.05) is 13.1 Å². The van der Waals surface area contributed by atoms with Crippen LogP contribution < -0.4 is 0 Å². The number of hydrogen-bond donors (Lipinski definition) is 1. The molecule has 0 aromatic rings. The molecule has 1 aliphatic carbocycles. The molecule has 1 N–H and O–H groups in total. The van der Waals surface area contributed by atoms with Gasteiger partial charge < -0.3 is 5.11 Å². The van der Waals surface area contributed by atoms with E-state index in [0.717, 1.165) is 25.7 Å². The van der Waals surface area contributed by atoms with Crippen molar-refractivity contribution >= 4 is 0 Å². The Morgan fingerprint density at radius 3 is 2.19 bits per heavy atom. The molecule has 120 valence electrons. The quantitative estimate of drug-likeness (QED) is 0.871. The standard InChI is InChI=1S/C15H23F3N2O/c1-11(2)13(7-8-19)5-3-12(4-6-13)20-9-14(21,10-20)15(16,17)18/h11-12,21H,3-7,9-10H2,1-2H3. The number of hydrogen-bond acceptors (Lipinski definition) is 3. The van der Waals surface area contributed by atoms with Gasteiger partial charge in [-0.3, -0.25) is 4.90 Å². The van der Waals surface area contributed by atoms with Crippen molar-refractivity contribution in [3.63, 3.8) is 0 Å². The van der Waals surface area contributed by atoms with Crippen LogP contribution in [0.5, 0.6) is 0 Å². The summed E-state index contributed by atoms with van der Waals surface area (Å²) in [7, 11) is 0. The van der Waals surface area contributed by atoms with E-state index in [4.69, 9.17) is 5.26 Å². The molecular formula is C15H23F3N2O. The van der Waals surface area contributed by atoms with Crippen molar-refractivity contribution in [3.8, 4) is 6.07 Å². The summed E-state index contributed by atoms with van der Waals surface area (Å²) in [6.07, 6.45) is -0.639. The molecule has 1 aliphatic heterocycles. The van der Waals surface area contributed by atoms with E-state index in [1.54, 1.807) is 4.90 Å². The first-order valence-corrected chi connectivity index (χ1v) is 7.54. The van der Waals surface area contributed by atoms with Crippen LogP contribution >= 0.6 is 0 Å². The third-order valence-electron chi connectivity index (χ3n) is 5.58. The van der Waals surface area contributed by atoms with Gasteiger partial charge in [-0.25, -0.2) is 0 Å². The van der Waals surface area contributed by atoms with Crippen LogP contribution in [0.3, 0.4) is 0 Å². The zero-order valence-corrected chi connectivity index (χ0v) is 12.6. The number of halogens is 3. The molecule has 21 heavy (non-hydrogen) atoms. The van der Waals surface area contributed by atoms with Crippen molar-refractivity contribution in [1.29, 1.82) is 5.26 Å². The lowest BCUT2D eigenvalue weighted by molar-refractivity contribution is -0.307. The molecule has 0 atom stereocenters. The fourth-order valence-electron chi connectivity index (χ4n) is 3.72. The zero-order chi connectivity index (χ0) is 15.9. The lowest BCUT2D eigenvalue weighted by atomic mass is 9.64. The number of alkyl halides is 3. The van der Waals surface area contributed by atoms with Gasteiger partial charge in [0.2, 0.25) is 0 Å². The van der Waals surface area contributed by atoms with Gasteiger partial charge in [-0.2, -0.15) is 18.4 Å². The molecule has 0 bridgehead atoms. The molecule has 0 aromatic carbocycles. The van der Waals surface area contributed by atoms with Crippen molar-refractivity contribution in [2.24, 2.45) is 11.3 Å². The van der Waals surface area contributed by atoms with E-state index in [9.17, 15) is 18.3 Å². The first-order valence-electron chi connectivity index (χ1n) is 7.54. The van der Waals surface area contributed by atoms with Crippen LogP contribution in [0.4, 0.5) is 13.2 Å². The number of β-amino-alcohol motifs (C(OH)–C–C–N with tert-alkyl or cyclic N) is 1. The SMILES string of the molecule is CC(C)C1(CC#N)CCC(N2CC(O)(C(F)(F)F)C2)CC1. The summed E-state index contributed by atoms with van der Waals surface area (Å²) in [4.78, 5) is 1.74. The maximum atomic E-state index is 12.6. The average Bonchev–Trinajstić information content (AvgIpc) is 2.35. The fourth-order valence-corrected chi connectivity index (χ4v) is 3.72. The van der Waals surface area contributed by atoms with E-state index >= 15 is 0 Å². The van der Waals surface area contributed by atoms with Gasteiger partial charge in [0, 0.05) is 25.6 Å². The molecule has 0 amide bonds. The largest absolute Gasteiger partial charge is 0.419 e. The second kappa shape index (κ2) is 5.44. The van der Waals surface area contributed by atoms with Crippen LogP contribution in [0.25, 0.3) is 0 Å². The minimum atomic E-state index is -4.54. The summed E-state index contributed by atoms with van der Waals surface area (Å²) in [5.74, 6) is 0.404. The average molecular weight is 304 g/mol. The van der Waals surface area contributed by atoms with E-state index < -0.39 is 11.8 Å². The maximum absolute atomic E-state index is 12.6. The molecule has 2 rings (SSSR count). The van der Waals surface area contributed by atoms with Crippen LogP contribution in [-0.4, -0.2) is 40.9 Å². The van der Waals surface area contributed by atoms with Gasteiger partial charge in [0.1, 0.15) is 0 Å². The lowest BCUT2D eigenvalue weighted by Crippen LogP contribution is -2.71. The summed E-state index contributed by atoms with van der Waals surface area (Å²) in [5, 5.41) is 18.5. The second-order valence-corrected chi connectivity index (χ2v) is 7.02. The molecule has 1 saturated heterocycles. The minimum Gasteiger partial charge on any atom is -0.378 e. The van der Waals surface area contributed by atoms with E-state index in [1.165, 1.54) is 0 Å². The van der Waals surface area contributed by atoms with E-state index in [-0.39, 0.29) is 24.5 Å². The summed E-state index contributed by atoms with van der Waals surface area (Å²) in [6, 6.07) is 2.37. The van der Waals surface area contributed by atoms with Gasteiger partial charge in [-0.05, 0) is 37.0 Å². The number of rotatable bonds is 3. The number of nitrogens with zero attached hydrogens (tertiary/aromatic N) is 2. The predicted molar refractivity (Wildman–Crippen MR) is 72.3 cm³/mol. The molecule has 1 saturated carbocycles. The molecule has 2 fully saturated rings. The number of nitriles is 1. The maximum Gasteiger partial charge on any atom is 0.419 e. The van der Waals surface area contributed by atoms with Gasteiger partial charge in [0.25, 0.3) is 0 Å². The highest BCUT2D eigenvalue weighted by atomic mass is 19.4. The Morgan fingerprint density at radius 2 is 1.81 bits per heavy atom. The summed E-state index contributed by atoms with van der Waals surface area (Å²) >= 11 is 0. The summed E-state index contributed by atoms with van der Waals surface area (Å²) in [5.41, 5.74) is -2.51. The third kappa shape index (κ3) is 2.91. The zero-order valence-electron chi connectivity index (χ0n) is 12.6. The Kier molecular flexibility index (Phi) is 4.29. The van der Waals surface area contributed by atoms with Gasteiger partial charge in [0.15, 0.2) is 5.60 Å².